The lowest BCUT2D eigenvalue weighted by molar-refractivity contribution is -0.139. The number of esters is 1. The van der Waals surface area contributed by atoms with Gasteiger partial charge in [0.25, 0.3) is 5.56 Å². The van der Waals surface area contributed by atoms with E-state index >= 15 is 0 Å². The maximum atomic E-state index is 12.3. The first-order valence-electron chi connectivity index (χ1n) is 6.27. The van der Waals surface area contributed by atoms with E-state index in [0.717, 1.165) is 10.4 Å². The van der Waals surface area contributed by atoms with Crippen molar-refractivity contribution >= 4 is 28.9 Å². The van der Waals surface area contributed by atoms with Gasteiger partial charge in [-0.1, -0.05) is 11.6 Å². The second-order valence-corrected chi connectivity index (χ2v) is 6.25. The first kappa shape index (κ1) is 15.6. The molecule has 0 aliphatic heterocycles. The smallest absolute Gasteiger partial charge is 0.310 e. The highest BCUT2D eigenvalue weighted by atomic mass is 35.5. The maximum absolute atomic E-state index is 12.3. The highest BCUT2D eigenvalue weighted by molar-refractivity contribution is 7.16. The van der Waals surface area contributed by atoms with Crippen LogP contribution in [0.5, 0.6) is 0 Å². The quantitative estimate of drug-likeness (QED) is 0.857. The van der Waals surface area contributed by atoms with Crippen LogP contribution in [-0.2, 0) is 22.5 Å². The molecule has 2 rings (SSSR count). The van der Waals surface area contributed by atoms with Gasteiger partial charge in [0.1, 0.15) is 0 Å². The van der Waals surface area contributed by atoms with Crippen molar-refractivity contribution in [1.82, 2.24) is 4.68 Å². The molecule has 0 radical (unpaired) electrons. The summed E-state index contributed by atoms with van der Waals surface area (Å²) in [6.45, 7) is 2.28. The fourth-order valence-electron chi connectivity index (χ4n) is 1.83. The van der Waals surface area contributed by atoms with Gasteiger partial charge in [0, 0.05) is 16.6 Å². The molecule has 2 heterocycles. The lowest BCUT2D eigenvalue weighted by atomic mass is 10.1. The minimum absolute atomic E-state index is 0.0332. The second-order valence-electron chi connectivity index (χ2n) is 4.45. The monoisotopic (exact) mass is 326 g/mol. The average Bonchev–Trinajstić information content (AvgIpc) is 2.88. The SMILES string of the molecule is COC(=O)Cc1c(C)ccn(NCc2ccc(Cl)s2)c1=O. The number of methoxy groups -OCH3 is 1. The van der Waals surface area contributed by atoms with Crippen molar-refractivity contribution in [2.75, 3.05) is 12.5 Å². The summed E-state index contributed by atoms with van der Waals surface area (Å²) in [4.78, 5) is 24.7. The van der Waals surface area contributed by atoms with Gasteiger partial charge in [0.05, 0.1) is 24.4 Å². The molecular weight excluding hydrogens is 312 g/mol. The van der Waals surface area contributed by atoms with Crippen LogP contribution >= 0.6 is 22.9 Å². The molecule has 7 heteroatoms. The molecule has 0 amide bonds. The Hall–Kier alpha value is -1.79. The van der Waals surface area contributed by atoms with E-state index in [2.05, 4.69) is 10.2 Å². The van der Waals surface area contributed by atoms with Gasteiger partial charge >= 0.3 is 5.97 Å². The zero-order valence-corrected chi connectivity index (χ0v) is 13.3. The third-order valence-electron chi connectivity index (χ3n) is 3.03. The Morgan fingerprint density at radius 3 is 2.81 bits per heavy atom. The van der Waals surface area contributed by atoms with Gasteiger partial charge in [-0.05, 0) is 30.7 Å². The molecule has 2 aromatic heterocycles. The summed E-state index contributed by atoms with van der Waals surface area (Å²) in [6, 6.07) is 5.49. The van der Waals surface area contributed by atoms with Crippen LogP contribution in [0.15, 0.2) is 29.2 Å². The number of aromatic nitrogens is 1. The van der Waals surface area contributed by atoms with E-state index in [1.807, 2.05) is 12.1 Å². The van der Waals surface area contributed by atoms with Crippen molar-refractivity contribution in [2.45, 2.75) is 19.9 Å². The number of carbonyl (C=O) groups is 1. The minimum Gasteiger partial charge on any atom is -0.469 e. The molecule has 0 bridgehead atoms. The number of pyridine rings is 1. The number of thiophene rings is 1. The van der Waals surface area contributed by atoms with Gasteiger partial charge in [0.15, 0.2) is 0 Å². The fourth-order valence-corrected chi connectivity index (χ4v) is 2.85. The van der Waals surface area contributed by atoms with E-state index in [-0.39, 0.29) is 12.0 Å². The maximum Gasteiger partial charge on any atom is 0.310 e. The van der Waals surface area contributed by atoms with E-state index in [4.69, 9.17) is 11.6 Å². The van der Waals surface area contributed by atoms with Crippen LogP contribution in [0.4, 0.5) is 0 Å². The summed E-state index contributed by atoms with van der Waals surface area (Å²) in [6.07, 6.45) is 1.61. The van der Waals surface area contributed by atoms with Crippen LogP contribution in [0.3, 0.4) is 0 Å². The standard InChI is InChI=1S/C14H15ClN2O3S/c1-9-5-6-17(14(19)11(9)7-13(18)20-2)16-8-10-3-4-12(15)21-10/h3-6,16H,7-8H2,1-2H3. The van der Waals surface area contributed by atoms with Crippen LogP contribution in [0.25, 0.3) is 0 Å². The second kappa shape index (κ2) is 6.78. The Kier molecular flexibility index (Phi) is 5.03. The molecule has 0 saturated heterocycles. The van der Waals surface area contributed by atoms with Crippen LogP contribution < -0.4 is 11.0 Å². The number of carbonyl (C=O) groups excluding carboxylic acids is 1. The molecule has 0 spiro atoms. The summed E-state index contributed by atoms with van der Waals surface area (Å²) in [7, 11) is 1.30. The third-order valence-corrected chi connectivity index (χ3v) is 4.26. The van der Waals surface area contributed by atoms with Crippen LogP contribution in [0.1, 0.15) is 16.0 Å². The van der Waals surface area contributed by atoms with Gasteiger partial charge in [0.2, 0.25) is 0 Å². The molecule has 0 saturated carbocycles. The number of hydrogen-bond acceptors (Lipinski definition) is 5. The lowest BCUT2D eigenvalue weighted by Crippen LogP contribution is -2.32. The molecular formula is C14H15ClN2O3S. The highest BCUT2D eigenvalue weighted by Gasteiger charge is 2.12. The average molecular weight is 327 g/mol. The number of aryl methyl sites for hydroxylation is 1. The number of nitrogens with one attached hydrogen (secondary N) is 1. The highest BCUT2D eigenvalue weighted by Crippen LogP contribution is 2.21. The predicted octanol–water partition coefficient (Wildman–Crippen LogP) is 2.33. The van der Waals surface area contributed by atoms with E-state index in [1.165, 1.54) is 23.1 Å². The van der Waals surface area contributed by atoms with Crippen molar-refractivity contribution in [2.24, 2.45) is 0 Å². The van der Waals surface area contributed by atoms with E-state index in [1.54, 1.807) is 19.2 Å². The van der Waals surface area contributed by atoms with Gasteiger partial charge < -0.3 is 10.2 Å². The summed E-state index contributed by atoms with van der Waals surface area (Å²) < 4.78 is 6.69. The van der Waals surface area contributed by atoms with Crippen molar-refractivity contribution in [3.8, 4) is 0 Å². The zero-order valence-electron chi connectivity index (χ0n) is 11.7. The Labute approximate surface area is 131 Å². The van der Waals surface area contributed by atoms with Crippen LogP contribution in [0, 0.1) is 6.92 Å². The molecule has 0 fully saturated rings. The molecule has 1 N–H and O–H groups in total. The number of nitrogens with zero attached hydrogens (tertiary/aromatic N) is 1. The lowest BCUT2D eigenvalue weighted by Gasteiger charge is -2.11. The number of halogens is 1. The van der Waals surface area contributed by atoms with Gasteiger partial charge in [-0.25, -0.2) is 4.68 Å². The number of ether oxygens (including phenoxy) is 1. The van der Waals surface area contributed by atoms with Crippen molar-refractivity contribution in [3.05, 3.63) is 55.1 Å². The Morgan fingerprint density at radius 2 is 2.19 bits per heavy atom. The molecule has 21 heavy (non-hydrogen) atoms. The topological polar surface area (TPSA) is 60.3 Å². The zero-order chi connectivity index (χ0) is 15.4. The van der Waals surface area contributed by atoms with Crippen LogP contribution in [0.2, 0.25) is 4.34 Å². The molecule has 0 aliphatic carbocycles. The van der Waals surface area contributed by atoms with Crippen molar-refractivity contribution < 1.29 is 9.53 Å². The van der Waals surface area contributed by atoms with Gasteiger partial charge in [-0.2, -0.15) is 0 Å². The van der Waals surface area contributed by atoms with E-state index in [0.29, 0.717) is 16.4 Å². The van der Waals surface area contributed by atoms with E-state index in [9.17, 15) is 9.59 Å². The number of rotatable bonds is 5. The van der Waals surface area contributed by atoms with Crippen LogP contribution in [-0.4, -0.2) is 17.8 Å². The minimum atomic E-state index is -0.432. The Bertz CT molecular complexity index is 708. The van der Waals surface area contributed by atoms with Crippen molar-refractivity contribution in [3.63, 3.8) is 0 Å². The Balaban J connectivity index is 2.18. The van der Waals surface area contributed by atoms with Gasteiger partial charge in [-0.15, -0.1) is 11.3 Å². The summed E-state index contributed by atoms with van der Waals surface area (Å²) in [5.74, 6) is -0.432. The molecule has 0 aliphatic rings. The summed E-state index contributed by atoms with van der Waals surface area (Å²) >= 11 is 7.31. The predicted molar refractivity (Wildman–Crippen MR) is 83.6 cm³/mol. The van der Waals surface area contributed by atoms with Crippen molar-refractivity contribution in [1.29, 1.82) is 0 Å². The number of hydrogen-bond donors (Lipinski definition) is 1. The molecule has 5 nitrogen and oxygen atoms in total. The van der Waals surface area contributed by atoms with E-state index < -0.39 is 5.97 Å². The first-order chi connectivity index (χ1) is 10.0. The molecule has 0 atom stereocenters. The summed E-state index contributed by atoms with van der Waals surface area (Å²) in [5.41, 5.74) is 3.96. The third kappa shape index (κ3) is 3.86. The molecule has 0 unspecified atom stereocenters. The molecule has 0 aromatic carbocycles. The largest absolute Gasteiger partial charge is 0.469 e. The summed E-state index contributed by atoms with van der Waals surface area (Å²) in [5, 5.41) is 0. The first-order valence-corrected chi connectivity index (χ1v) is 7.46. The molecule has 2 aromatic rings. The fraction of sp³-hybridized carbons (Fsp3) is 0.286. The normalized spacial score (nSPS) is 10.4. The molecule has 112 valence electrons. The Morgan fingerprint density at radius 1 is 1.43 bits per heavy atom. The van der Waals surface area contributed by atoms with Gasteiger partial charge in [-0.3, -0.25) is 9.59 Å².